The van der Waals surface area contributed by atoms with Gasteiger partial charge in [-0.2, -0.15) is 0 Å². The molecule has 8 nitrogen and oxygen atoms in total. The Morgan fingerprint density at radius 1 is 1.23 bits per heavy atom. The van der Waals surface area contributed by atoms with Crippen LogP contribution in [-0.4, -0.2) is 37.8 Å². The number of carbonyl (C=O) groups excluding carboxylic acids is 1. The van der Waals surface area contributed by atoms with Crippen molar-refractivity contribution >= 4 is 51.7 Å². The Bertz CT molecular complexity index is 1120. The molecule has 3 aromatic rings. The first-order valence-corrected chi connectivity index (χ1v) is 11.2. The molecule has 0 saturated heterocycles. The van der Waals surface area contributed by atoms with E-state index in [2.05, 4.69) is 30.9 Å². The van der Waals surface area contributed by atoms with Crippen LogP contribution in [0.4, 0.5) is 10.6 Å². The van der Waals surface area contributed by atoms with Crippen molar-refractivity contribution < 1.29 is 9.53 Å². The highest BCUT2D eigenvalue weighted by atomic mass is 32.1. The molecule has 0 unspecified atom stereocenters. The zero-order chi connectivity index (χ0) is 22.0. The fourth-order valence-corrected chi connectivity index (χ4v) is 3.91. The van der Waals surface area contributed by atoms with E-state index in [0.717, 1.165) is 28.3 Å². The summed E-state index contributed by atoms with van der Waals surface area (Å²) in [5, 5.41) is 9.67. The normalized spacial score (nSPS) is 13.6. The molecule has 1 aliphatic rings. The monoisotopic (exact) mass is 456 g/mol. The Labute approximate surface area is 189 Å². The van der Waals surface area contributed by atoms with Crippen LogP contribution in [-0.2, 0) is 11.3 Å². The van der Waals surface area contributed by atoms with Crippen molar-refractivity contribution in [3.63, 3.8) is 0 Å². The van der Waals surface area contributed by atoms with Crippen LogP contribution in [0.1, 0.15) is 38.5 Å². The summed E-state index contributed by atoms with van der Waals surface area (Å²) in [7, 11) is 0. The molecule has 1 aliphatic carbocycles. The second-order valence-electron chi connectivity index (χ2n) is 8.29. The summed E-state index contributed by atoms with van der Waals surface area (Å²) in [6.07, 6.45) is 3.59. The van der Waals surface area contributed by atoms with E-state index in [9.17, 15) is 4.79 Å². The van der Waals surface area contributed by atoms with Crippen molar-refractivity contribution in [3.05, 3.63) is 35.3 Å². The number of ether oxygens (including phenoxy) is 1. The standard InChI is InChI=1S/C21H24N6O2S2/c1-21(2,3)29-20(28)23-10-13-6-8-16(31-13)15-11-22-14-7-9-17(26-18(14)25-15)27-19(30)24-12-4-5-12/h6-9,11-12H,4-5,10H2,1-3H3,(H,23,28)(H2,24,25,26,27,30). The molecule has 10 heteroatoms. The number of anilines is 1. The third-order valence-electron chi connectivity index (χ3n) is 4.28. The number of amides is 1. The molecule has 31 heavy (non-hydrogen) atoms. The summed E-state index contributed by atoms with van der Waals surface area (Å²) in [6.45, 7) is 5.89. The molecule has 4 rings (SSSR count). The molecule has 0 aromatic carbocycles. The van der Waals surface area contributed by atoms with Gasteiger partial charge < -0.3 is 20.7 Å². The molecule has 1 saturated carbocycles. The van der Waals surface area contributed by atoms with E-state index >= 15 is 0 Å². The first-order chi connectivity index (χ1) is 14.7. The summed E-state index contributed by atoms with van der Waals surface area (Å²) in [6, 6.07) is 8.10. The number of alkyl carbamates (subject to hydrolysis) is 1. The highest BCUT2D eigenvalue weighted by Gasteiger charge is 2.22. The molecular formula is C21H24N6O2S2. The Morgan fingerprint density at radius 3 is 2.77 bits per heavy atom. The van der Waals surface area contributed by atoms with Crippen molar-refractivity contribution in [1.29, 1.82) is 0 Å². The van der Waals surface area contributed by atoms with Crippen LogP contribution in [0.3, 0.4) is 0 Å². The van der Waals surface area contributed by atoms with Gasteiger partial charge in [0.2, 0.25) is 0 Å². The SMILES string of the molecule is CC(C)(C)OC(=O)NCc1ccc(-c2cnc3ccc(NC(=S)NC4CC4)nc3n2)s1. The lowest BCUT2D eigenvalue weighted by Gasteiger charge is -2.19. The molecule has 0 radical (unpaired) electrons. The number of rotatable bonds is 5. The second kappa shape index (κ2) is 8.72. The van der Waals surface area contributed by atoms with Crippen molar-refractivity contribution in [3.8, 4) is 10.6 Å². The number of carbonyl (C=O) groups is 1. The number of thiophene rings is 1. The maximum absolute atomic E-state index is 11.8. The van der Waals surface area contributed by atoms with Gasteiger partial charge in [0.05, 0.1) is 17.6 Å². The largest absolute Gasteiger partial charge is 0.444 e. The van der Waals surface area contributed by atoms with Gasteiger partial charge in [-0.3, -0.25) is 4.98 Å². The van der Waals surface area contributed by atoms with Gasteiger partial charge in [-0.25, -0.2) is 14.8 Å². The van der Waals surface area contributed by atoms with Crippen LogP contribution in [0.2, 0.25) is 0 Å². The number of pyridine rings is 1. The number of nitrogens with zero attached hydrogens (tertiary/aromatic N) is 3. The Morgan fingerprint density at radius 2 is 2.03 bits per heavy atom. The van der Waals surface area contributed by atoms with Gasteiger partial charge >= 0.3 is 6.09 Å². The average molecular weight is 457 g/mol. The Kier molecular flexibility index (Phi) is 6.01. The number of thiocarbonyl (C=S) groups is 1. The molecule has 162 valence electrons. The maximum atomic E-state index is 11.8. The lowest BCUT2D eigenvalue weighted by molar-refractivity contribution is 0.0524. The minimum Gasteiger partial charge on any atom is -0.444 e. The van der Waals surface area contributed by atoms with Crippen LogP contribution < -0.4 is 16.0 Å². The van der Waals surface area contributed by atoms with Crippen LogP contribution in [0, 0.1) is 0 Å². The first-order valence-electron chi connectivity index (χ1n) is 10.0. The van der Waals surface area contributed by atoms with E-state index < -0.39 is 11.7 Å². The highest BCUT2D eigenvalue weighted by molar-refractivity contribution is 7.80. The second-order valence-corrected chi connectivity index (χ2v) is 9.87. The fraction of sp³-hybridized carbons (Fsp3) is 0.381. The molecule has 3 aromatic heterocycles. The topological polar surface area (TPSA) is 101 Å². The van der Waals surface area contributed by atoms with Gasteiger partial charge in [-0.05, 0) is 70.1 Å². The molecule has 1 amide bonds. The number of hydrogen-bond acceptors (Lipinski definition) is 7. The number of nitrogens with one attached hydrogen (secondary N) is 3. The van der Waals surface area contributed by atoms with Crippen LogP contribution in [0.5, 0.6) is 0 Å². The maximum Gasteiger partial charge on any atom is 0.407 e. The third-order valence-corrected chi connectivity index (χ3v) is 5.61. The Balaban J connectivity index is 1.44. The molecule has 0 spiro atoms. The molecular weight excluding hydrogens is 432 g/mol. The Hall–Kier alpha value is -2.85. The van der Waals surface area contributed by atoms with E-state index in [0.29, 0.717) is 34.7 Å². The van der Waals surface area contributed by atoms with Gasteiger partial charge in [0, 0.05) is 10.9 Å². The van der Waals surface area contributed by atoms with E-state index in [-0.39, 0.29) is 0 Å². The molecule has 3 heterocycles. The number of aromatic nitrogens is 3. The number of fused-ring (bicyclic) bond motifs is 1. The highest BCUT2D eigenvalue weighted by Crippen LogP contribution is 2.27. The van der Waals surface area contributed by atoms with Gasteiger partial charge in [0.15, 0.2) is 10.8 Å². The fourth-order valence-electron chi connectivity index (χ4n) is 2.74. The quantitative estimate of drug-likeness (QED) is 0.491. The zero-order valence-corrected chi connectivity index (χ0v) is 19.2. The molecule has 0 atom stereocenters. The van der Waals surface area contributed by atoms with Gasteiger partial charge in [0.25, 0.3) is 0 Å². The summed E-state index contributed by atoms with van der Waals surface area (Å²) < 4.78 is 5.27. The molecule has 1 fully saturated rings. The lowest BCUT2D eigenvalue weighted by atomic mass is 10.2. The smallest absolute Gasteiger partial charge is 0.407 e. The summed E-state index contributed by atoms with van der Waals surface area (Å²) in [5.74, 6) is 0.630. The molecule has 3 N–H and O–H groups in total. The number of hydrogen-bond donors (Lipinski definition) is 3. The van der Waals surface area contributed by atoms with Crippen molar-refractivity contribution in [1.82, 2.24) is 25.6 Å². The van der Waals surface area contributed by atoms with E-state index in [1.54, 1.807) is 6.20 Å². The van der Waals surface area contributed by atoms with Crippen molar-refractivity contribution in [2.24, 2.45) is 0 Å². The third kappa shape index (κ3) is 6.08. The average Bonchev–Trinajstić information content (AvgIpc) is 3.37. The first kappa shape index (κ1) is 21.4. The van der Waals surface area contributed by atoms with Gasteiger partial charge in [0.1, 0.15) is 22.6 Å². The molecule has 0 bridgehead atoms. The van der Waals surface area contributed by atoms with Crippen LogP contribution in [0.15, 0.2) is 30.5 Å². The summed E-state index contributed by atoms with van der Waals surface area (Å²) in [5.41, 5.74) is 1.45. The minimum absolute atomic E-state index is 0.387. The van der Waals surface area contributed by atoms with Gasteiger partial charge in [-0.15, -0.1) is 11.3 Å². The van der Waals surface area contributed by atoms with E-state index in [1.807, 2.05) is 45.0 Å². The van der Waals surface area contributed by atoms with Crippen molar-refractivity contribution in [2.75, 3.05) is 5.32 Å². The van der Waals surface area contributed by atoms with Crippen molar-refractivity contribution in [2.45, 2.75) is 51.8 Å². The van der Waals surface area contributed by atoms with Gasteiger partial charge in [-0.1, -0.05) is 0 Å². The van der Waals surface area contributed by atoms with E-state index in [4.69, 9.17) is 17.0 Å². The van der Waals surface area contributed by atoms with E-state index in [1.165, 1.54) is 11.3 Å². The predicted molar refractivity (Wildman–Crippen MR) is 126 cm³/mol. The van der Waals surface area contributed by atoms with Crippen LogP contribution >= 0.6 is 23.6 Å². The minimum atomic E-state index is -0.524. The van der Waals surface area contributed by atoms with Crippen LogP contribution in [0.25, 0.3) is 21.7 Å². The molecule has 0 aliphatic heterocycles. The predicted octanol–water partition coefficient (Wildman–Crippen LogP) is 4.23. The lowest BCUT2D eigenvalue weighted by Crippen LogP contribution is -2.31. The summed E-state index contributed by atoms with van der Waals surface area (Å²) >= 11 is 6.85. The summed E-state index contributed by atoms with van der Waals surface area (Å²) in [4.78, 5) is 27.5. The zero-order valence-electron chi connectivity index (χ0n) is 17.6.